The summed E-state index contributed by atoms with van der Waals surface area (Å²) in [6.45, 7) is 3.32. The number of anilines is 1. The normalized spacial score (nSPS) is 12.0. The summed E-state index contributed by atoms with van der Waals surface area (Å²) in [5.74, 6) is -0.799. The zero-order valence-electron chi connectivity index (χ0n) is 12.9. The van der Waals surface area contributed by atoms with Gasteiger partial charge in [0.1, 0.15) is 6.17 Å². The monoisotopic (exact) mass is 411 g/mol. The Bertz CT molecular complexity index is 606. The summed E-state index contributed by atoms with van der Waals surface area (Å²) < 4.78 is 3.09. The smallest absolute Gasteiger partial charge is 0.338 e. The van der Waals surface area contributed by atoms with Crippen molar-refractivity contribution in [2.45, 2.75) is 23.8 Å². The molecule has 1 aromatic carbocycles. The third-order valence-electron chi connectivity index (χ3n) is 2.60. The summed E-state index contributed by atoms with van der Waals surface area (Å²) >= 11 is 22.5. The van der Waals surface area contributed by atoms with Crippen molar-refractivity contribution in [3.63, 3.8) is 0 Å². The average Bonchev–Trinajstić information content (AvgIpc) is 2.46. The summed E-state index contributed by atoms with van der Waals surface area (Å²) in [5.41, 5.74) is 1.02. The van der Waals surface area contributed by atoms with E-state index in [1.54, 1.807) is 31.2 Å². The number of halogens is 3. The maximum atomic E-state index is 11.6. The van der Waals surface area contributed by atoms with Crippen LogP contribution in [0.3, 0.4) is 0 Å². The maximum Gasteiger partial charge on any atom is 0.338 e. The van der Waals surface area contributed by atoms with Gasteiger partial charge in [0.2, 0.25) is 9.70 Å². The third-order valence-corrected chi connectivity index (χ3v) is 3.48. The number of hydrogen-bond donors (Lipinski definition) is 3. The Hall–Kier alpha value is -1.28. The molecule has 0 fully saturated rings. The van der Waals surface area contributed by atoms with Crippen LogP contribution in [0.2, 0.25) is 0 Å². The van der Waals surface area contributed by atoms with Gasteiger partial charge in [0.25, 0.3) is 0 Å². The van der Waals surface area contributed by atoms with Crippen molar-refractivity contribution in [3.05, 3.63) is 29.8 Å². The number of esters is 1. The molecule has 0 aliphatic rings. The van der Waals surface area contributed by atoms with Gasteiger partial charge < -0.3 is 20.7 Å². The van der Waals surface area contributed by atoms with Crippen LogP contribution in [0.25, 0.3) is 0 Å². The average molecular weight is 413 g/mol. The molecular formula is C14H16Cl3N3O3S. The quantitative estimate of drug-likeness (QED) is 0.299. The van der Waals surface area contributed by atoms with E-state index in [2.05, 4.69) is 16.0 Å². The molecule has 10 heteroatoms. The summed E-state index contributed by atoms with van der Waals surface area (Å²) in [6, 6.07) is 6.46. The maximum absolute atomic E-state index is 11.6. The molecule has 1 atom stereocenters. The molecule has 0 bridgehead atoms. The van der Waals surface area contributed by atoms with Gasteiger partial charge in [0.05, 0.1) is 12.2 Å². The second-order valence-corrected chi connectivity index (χ2v) is 7.35. The molecule has 0 saturated carbocycles. The van der Waals surface area contributed by atoms with Gasteiger partial charge in [-0.15, -0.1) is 0 Å². The van der Waals surface area contributed by atoms with E-state index in [1.807, 2.05) is 0 Å². The second kappa shape index (κ2) is 9.27. The van der Waals surface area contributed by atoms with E-state index in [1.165, 1.54) is 6.92 Å². The fourth-order valence-corrected chi connectivity index (χ4v) is 2.17. The van der Waals surface area contributed by atoms with Crippen molar-refractivity contribution in [2.24, 2.45) is 0 Å². The molecule has 0 spiro atoms. The van der Waals surface area contributed by atoms with Crippen molar-refractivity contribution in [1.29, 1.82) is 0 Å². The molecule has 24 heavy (non-hydrogen) atoms. The Balaban J connectivity index is 2.69. The molecule has 0 saturated heterocycles. The molecule has 3 N–H and O–H groups in total. The highest BCUT2D eigenvalue weighted by Gasteiger charge is 2.33. The predicted octanol–water partition coefficient (Wildman–Crippen LogP) is 2.98. The Morgan fingerprint density at radius 2 is 1.79 bits per heavy atom. The minimum absolute atomic E-state index is 0.129. The number of alkyl halides is 3. The zero-order valence-corrected chi connectivity index (χ0v) is 15.9. The van der Waals surface area contributed by atoms with Crippen LogP contribution in [0.4, 0.5) is 5.69 Å². The van der Waals surface area contributed by atoms with E-state index in [0.717, 1.165) is 0 Å². The van der Waals surface area contributed by atoms with Crippen molar-refractivity contribution in [2.75, 3.05) is 11.9 Å². The van der Waals surface area contributed by atoms with E-state index in [-0.39, 0.29) is 11.0 Å². The highest BCUT2D eigenvalue weighted by molar-refractivity contribution is 7.80. The first kappa shape index (κ1) is 20.8. The number of amides is 1. The first-order chi connectivity index (χ1) is 11.1. The number of nitrogens with one attached hydrogen (secondary N) is 3. The van der Waals surface area contributed by atoms with Gasteiger partial charge in [-0.3, -0.25) is 4.79 Å². The lowest BCUT2D eigenvalue weighted by molar-refractivity contribution is -0.119. The first-order valence-corrected chi connectivity index (χ1v) is 8.36. The van der Waals surface area contributed by atoms with E-state index < -0.39 is 15.9 Å². The number of carbonyl (C=O) groups is 2. The number of thiocarbonyl (C=S) groups is 1. The lowest BCUT2D eigenvalue weighted by atomic mass is 10.2. The molecule has 1 amide bonds. The van der Waals surface area contributed by atoms with Crippen LogP contribution in [-0.2, 0) is 9.53 Å². The van der Waals surface area contributed by atoms with Gasteiger partial charge in [-0.1, -0.05) is 34.8 Å². The van der Waals surface area contributed by atoms with Gasteiger partial charge in [0, 0.05) is 12.6 Å². The van der Waals surface area contributed by atoms with Crippen LogP contribution in [0.5, 0.6) is 0 Å². The standard InChI is InChI=1S/C14H16Cl3N3O3S/c1-3-23-11(22)9-4-6-10(7-5-9)19-13(24)20-12(14(15,16)17)18-8(2)21/h4-7,12H,3H2,1-2H3,(H,18,21)(H2,19,20,24). The lowest BCUT2D eigenvalue weighted by Gasteiger charge is -2.27. The fourth-order valence-electron chi connectivity index (χ4n) is 1.61. The van der Waals surface area contributed by atoms with E-state index >= 15 is 0 Å². The van der Waals surface area contributed by atoms with Crippen LogP contribution in [0.15, 0.2) is 24.3 Å². The van der Waals surface area contributed by atoms with Gasteiger partial charge in [-0.2, -0.15) is 0 Å². The minimum Gasteiger partial charge on any atom is -0.462 e. The van der Waals surface area contributed by atoms with Crippen LogP contribution >= 0.6 is 47.0 Å². The number of carbonyl (C=O) groups excluding carboxylic acids is 2. The number of ether oxygens (including phenoxy) is 1. The van der Waals surface area contributed by atoms with E-state index in [4.69, 9.17) is 51.8 Å². The molecule has 0 aliphatic heterocycles. The predicted molar refractivity (Wildman–Crippen MR) is 99.6 cm³/mol. The van der Waals surface area contributed by atoms with Gasteiger partial charge in [-0.25, -0.2) is 4.79 Å². The Morgan fingerprint density at radius 1 is 1.21 bits per heavy atom. The van der Waals surface area contributed by atoms with Crippen LogP contribution in [-0.4, -0.2) is 33.6 Å². The summed E-state index contributed by atoms with van der Waals surface area (Å²) in [7, 11) is 0. The van der Waals surface area contributed by atoms with Crippen molar-refractivity contribution < 1.29 is 14.3 Å². The molecule has 0 aromatic heterocycles. The number of hydrogen-bond acceptors (Lipinski definition) is 4. The first-order valence-electron chi connectivity index (χ1n) is 6.82. The summed E-state index contributed by atoms with van der Waals surface area (Å²) in [6.07, 6.45) is -1.01. The van der Waals surface area contributed by atoms with Crippen LogP contribution in [0.1, 0.15) is 24.2 Å². The minimum atomic E-state index is -1.80. The van der Waals surface area contributed by atoms with Gasteiger partial charge in [-0.05, 0) is 43.4 Å². The fraction of sp³-hybridized carbons (Fsp3) is 0.357. The lowest BCUT2D eigenvalue weighted by Crippen LogP contribution is -2.55. The zero-order chi connectivity index (χ0) is 18.3. The van der Waals surface area contributed by atoms with Gasteiger partial charge >= 0.3 is 5.97 Å². The van der Waals surface area contributed by atoms with Crippen molar-refractivity contribution in [1.82, 2.24) is 10.6 Å². The number of benzene rings is 1. The molecule has 1 aromatic rings. The van der Waals surface area contributed by atoms with E-state index in [0.29, 0.717) is 17.9 Å². The topological polar surface area (TPSA) is 79.5 Å². The summed E-state index contributed by atoms with van der Waals surface area (Å²) in [4.78, 5) is 22.7. The van der Waals surface area contributed by atoms with Gasteiger partial charge in [0.15, 0.2) is 5.11 Å². The van der Waals surface area contributed by atoms with Crippen molar-refractivity contribution >= 4 is 69.7 Å². The van der Waals surface area contributed by atoms with E-state index in [9.17, 15) is 9.59 Å². The van der Waals surface area contributed by atoms with Crippen molar-refractivity contribution in [3.8, 4) is 0 Å². The third kappa shape index (κ3) is 7.09. The summed E-state index contributed by atoms with van der Waals surface area (Å²) in [5, 5.41) is 8.12. The Labute approximate surface area is 160 Å². The Kier molecular flexibility index (Phi) is 8.02. The largest absolute Gasteiger partial charge is 0.462 e. The molecule has 0 heterocycles. The molecular weight excluding hydrogens is 397 g/mol. The second-order valence-electron chi connectivity index (χ2n) is 4.57. The Morgan fingerprint density at radius 3 is 2.25 bits per heavy atom. The molecule has 1 unspecified atom stereocenters. The SMILES string of the molecule is CCOC(=O)c1ccc(NC(=S)NC(NC(C)=O)C(Cl)(Cl)Cl)cc1. The molecule has 1 rings (SSSR count). The molecule has 0 radical (unpaired) electrons. The van der Waals surface area contributed by atoms with Crippen LogP contribution < -0.4 is 16.0 Å². The highest BCUT2D eigenvalue weighted by atomic mass is 35.6. The molecule has 6 nitrogen and oxygen atoms in total. The molecule has 132 valence electrons. The highest BCUT2D eigenvalue weighted by Crippen LogP contribution is 2.29. The molecule has 0 aliphatic carbocycles. The number of rotatable bonds is 5. The van der Waals surface area contributed by atoms with Crippen LogP contribution in [0, 0.1) is 0 Å².